The standard InChI is InChI=1S/C7H5BrF2INO/c8-2-3-1-4(13)12-7(11)5(3)6(9)10/h1,6H,2H2,(H,12,13). The quantitative estimate of drug-likeness (QED) is 0.489. The molecule has 0 unspecified atom stereocenters. The Kier molecular flexibility index (Phi) is 3.84. The zero-order valence-corrected chi connectivity index (χ0v) is 10.0. The molecule has 0 aliphatic heterocycles. The molecule has 1 N–H and O–H groups in total. The maximum Gasteiger partial charge on any atom is 0.266 e. The van der Waals surface area contributed by atoms with Gasteiger partial charge in [-0.15, -0.1) is 0 Å². The largest absolute Gasteiger partial charge is 0.317 e. The fourth-order valence-corrected chi connectivity index (χ4v) is 2.25. The van der Waals surface area contributed by atoms with Crippen LogP contribution in [0.5, 0.6) is 0 Å². The minimum Gasteiger partial charge on any atom is -0.317 e. The molecule has 0 spiro atoms. The van der Waals surface area contributed by atoms with Crippen LogP contribution in [0.3, 0.4) is 0 Å². The van der Waals surface area contributed by atoms with Crippen LogP contribution in [0.4, 0.5) is 8.78 Å². The minimum absolute atomic E-state index is 0.0999. The predicted octanol–water partition coefficient (Wildman–Crippen LogP) is 2.81. The normalized spacial score (nSPS) is 10.8. The second kappa shape index (κ2) is 4.50. The lowest BCUT2D eigenvalue weighted by molar-refractivity contribution is 0.149. The zero-order valence-electron chi connectivity index (χ0n) is 6.28. The number of pyridine rings is 1. The van der Waals surface area contributed by atoms with Crippen molar-refractivity contribution in [3.63, 3.8) is 0 Å². The number of hydrogen-bond donors (Lipinski definition) is 1. The average Bonchev–Trinajstić information content (AvgIpc) is 2.01. The second-order valence-corrected chi connectivity index (χ2v) is 3.96. The van der Waals surface area contributed by atoms with E-state index in [4.69, 9.17) is 0 Å². The summed E-state index contributed by atoms with van der Waals surface area (Å²) in [6.45, 7) is 0. The SMILES string of the molecule is O=c1cc(CBr)c(C(F)F)c(I)[nH]1. The van der Waals surface area contributed by atoms with Crippen LogP contribution in [0, 0.1) is 3.70 Å². The van der Waals surface area contributed by atoms with Crippen molar-refractivity contribution in [3.05, 3.63) is 31.2 Å². The number of alkyl halides is 3. The van der Waals surface area contributed by atoms with Crippen molar-refractivity contribution in [1.82, 2.24) is 4.98 Å². The highest BCUT2D eigenvalue weighted by atomic mass is 127. The molecule has 72 valence electrons. The number of rotatable bonds is 2. The number of aromatic nitrogens is 1. The molecule has 1 heterocycles. The number of hydrogen-bond acceptors (Lipinski definition) is 1. The molecule has 0 aromatic carbocycles. The van der Waals surface area contributed by atoms with E-state index in [-0.39, 0.29) is 20.2 Å². The monoisotopic (exact) mass is 363 g/mol. The summed E-state index contributed by atoms with van der Waals surface area (Å²) in [4.78, 5) is 13.2. The van der Waals surface area contributed by atoms with Gasteiger partial charge < -0.3 is 4.98 Å². The first kappa shape index (κ1) is 11.1. The maximum atomic E-state index is 12.5. The number of H-pyrrole nitrogens is 1. The van der Waals surface area contributed by atoms with Gasteiger partial charge in [-0.25, -0.2) is 8.78 Å². The van der Waals surface area contributed by atoms with E-state index in [1.54, 1.807) is 22.6 Å². The van der Waals surface area contributed by atoms with Crippen molar-refractivity contribution in [2.24, 2.45) is 0 Å². The van der Waals surface area contributed by atoms with Gasteiger partial charge in [0.25, 0.3) is 6.43 Å². The van der Waals surface area contributed by atoms with Crippen LogP contribution in [0.1, 0.15) is 17.6 Å². The third kappa shape index (κ3) is 2.49. The third-order valence-corrected chi connectivity index (χ3v) is 2.94. The summed E-state index contributed by atoms with van der Waals surface area (Å²) in [7, 11) is 0. The first-order chi connectivity index (χ1) is 6.06. The van der Waals surface area contributed by atoms with Crippen LogP contribution < -0.4 is 5.56 Å². The van der Waals surface area contributed by atoms with Crippen molar-refractivity contribution < 1.29 is 8.78 Å². The Morgan fingerprint density at radius 3 is 2.69 bits per heavy atom. The molecule has 13 heavy (non-hydrogen) atoms. The Hall–Kier alpha value is 0.0200. The van der Waals surface area contributed by atoms with Crippen LogP contribution >= 0.6 is 38.5 Å². The summed E-state index contributed by atoms with van der Waals surface area (Å²) in [6, 6.07) is 1.18. The van der Waals surface area contributed by atoms with E-state index in [1.807, 2.05) is 0 Å². The predicted molar refractivity (Wildman–Crippen MR) is 57.4 cm³/mol. The fraction of sp³-hybridized carbons (Fsp3) is 0.286. The highest BCUT2D eigenvalue weighted by Gasteiger charge is 2.17. The fourth-order valence-electron chi connectivity index (χ4n) is 0.935. The van der Waals surface area contributed by atoms with Gasteiger partial charge in [0.15, 0.2) is 0 Å². The Morgan fingerprint density at radius 2 is 2.23 bits per heavy atom. The van der Waals surface area contributed by atoms with Crippen molar-refractivity contribution in [1.29, 1.82) is 0 Å². The van der Waals surface area contributed by atoms with Gasteiger partial charge in [0.2, 0.25) is 5.56 Å². The van der Waals surface area contributed by atoms with Gasteiger partial charge in [-0.3, -0.25) is 4.79 Å². The molecular weight excluding hydrogens is 359 g/mol. The van der Waals surface area contributed by atoms with Crippen LogP contribution in [0.15, 0.2) is 10.9 Å². The number of nitrogens with one attached hydrogen (secondary N) is 1. The third-order valence-electron chi connectivity index (χ3n) is 1.48. The molecule has 0 aliphatic rings. The number of halogens is 4. The van der Waals surface area contributed by atoms with E-state index in [0.717, 1.165) is 0 Å². The molecule has 0 fully saturated rings. The molecular formula is C7H5BrF2INO. The van der Waals surface area contributed by atoms with Gasteiger partial charge in [0, 0.05) is 11.4 Å². The van der Waals surface area contributed by atoms with Crippen molar-refractivity contribution >= 4 is 38.5 Å². The van der Waals surface area contributed by atoms with Crippen molar-refractivity contribution in [3.8, 4) is 0 Å². The van der Waals surface area contributed by atoms with E-state index in [0.29, 0.717) is 5.56 Å². The molecule has 0 amide bonds. The lowest BCUT2D eigenvalue weighted by Gasteiger charge is -2.07. The molecule has 0 radical (unpaired) electrons. The first-order valence-electron chi connectivity index (χ1n) is 3.32. The van der Waals surface area contributed by atoms with Gasteiger partial charge >= 0.3 is 0 Å². The van der Waals surface area contributed by atoms with Crippen LogP contribution in [0.25, 0.3) is 0 Å². The number of aromatic amines is 1. The molecule has 0 saturated heterocycles. The van der Waals surface area contributed by atoms with Gasteiger partial charge in [-0.05, 0) is 28.2 Å². The van der Waals surface area contributed by atoms with E-state index < -0.39 is 6.43 Å². The molecule has 2 nitrogen and oxygen atoms in total. The Morgan fingerprint density at radius 1 is 1.62 bits per heavy atom. The molecule has 1 aromatic heterocycles. The van der Waals surface area contributed by atoms with Crippen LogP contribution in [0.2, 0.25) is 0 Å². The molecule has 0 bridgehead atoms. The van der Waals surface area contributed by atoms with E-state index in [2.05, 4.69) is 20.9 Å². The van der Waals surface area contributed by atoms with Gasteiger partial charge in [0.05, 0.1) is 9.26 Å². The van der Waals surface area contributed by atoms with E-state index in [1.165, 1.54) is 6.07 Å². The summed E-state index contributed by atoms with van der Waals surface area (Å²) in [5.74, 6) is 0. The summed E-state index contributed by atoms with van der Waals surface area (Å²) in [5, 5.41) is 0.257. The highest BCUT2D eigenvalue weighted by Crippen LogP contribution is 2.26. The summed E-state index contributed by atoms with van der Waals surface area (Å²) < 4.78 is 25.1. The Balaban J connectivity index is 3.38. The summed E-state index contributed by atoms with van der Waals surface area (Å²) in [6.07, 6.45) is -2.56. The summed E-state index contributed by atoms with van der Waals surface area (Å²) in [5.41, 5.74) is -0.122. The molecule has 0 aliphatic carbocycles. The maximum absolute atomic E-state index is 12.5. The topological polar surface area (TPSA) is 32.9 Å². The Bertz CT molecular complexity index is 366. The van der Waals surface area contributed by atoms with Crippen LogP contribution in [-0.4, -0.2) is 4.98 Å². The minimum atomic E-state index is -2.56. The lowest BCUT2D eigenvalue weighted by Crippen LogP contribution is -2.11. The van der Waals surface area contributed by atoms with Crippen molar-refractivity contribution in [2.45, 2.75) is 11.8 Å². The van der Waals surface area contributed by atoms with Crippen molar-refractivity contribution in [2.75, 3.05) is 0 Å². The van der Waals surface area contributed by atoms with Gasteiger partial charge in [-0.1, -0.05) is 15.9 Å². The lowest BCUT2D eigenvalue weighted by atomic mass is 10.2. The molecule has 6 heteroatoms. The highest BCUT2D eigenvalue weighted by molar-refractivity contribution is 14.1. The van der Waals surface area contributed by atoms with E-state index in [9.17, 15) is 13.6 Å². The smallest absolute Gasteiger partial charge is 0.266 e. The summed E-state index contributed by atoms with van der Waals surface area (Å²) >= 11 is 4.75. The van der Waals surface area contributed by atoms with E-state index >= 15 is 0 Å². The molecule has 0 atom stereocenters. The molecule has 1 aromatic rings. The second-order valence-electron chi connectivity index (χ2n) is 2.32. The van der Waals surface area contributed by atoms with Gasteiger partial charge in [0.1, 0.15) is 0 Å². The van der Waals surface area contributed by atoms with Crippen LogP contribution in [-0.2, 0) is 5.33 Å². The first-order valence-corrected chi connectivity index (χ1v) is 5.52. The molecule has 0 saturated carbocycles. The Labute approximate surface area is 95.0 Å². The zero-order chi connectivity index (χ0) is 10.0. The van der Waals surface area contributed by atoms with Gasteiger partial charge in [-0.2, -0.15) is 0 Å². The average molecular weight is 364 g/mol. The molecule has 1 rings (SSSR count).